The topological polar surface area (TPSA) is 61.0 Å². The molecule has 0 amide bonds. The number of nitrogens with two attached hydrogens (primary N) is 1. The predicted octanol–water partition coefficient (Wildman–Crippen LogP) is 1.87. The number of hydrogen-bond donors (Lipinski definition) is 1. The van der Waals surface area contributed by atoms with Crippen LogP contribution in [0.4, 0.5) is 10.1 Å². The fourth-order valence-corrected chi connectivity index (χ4v) is 1.38. The number of aromatic nitrogens is 2. The zero-order valence-corrected chi connectivity index (χ0v) is 8.64. The van der Waals surface area contributed by atoms with Crippen LogP contribution in [0.1, 0.15) is 0 Å². The highest BCUT2D eigenvalue weighted by atomic mass is 19.1. The first kappa shape index (κ1) is 10.4. The summed E-state index contributed by atoms with van der Waals surface area (Å²) >= 11 is 0. The van der Waals surface area contributed by atoms with Crippen molar-refractivity contribution in [3.63, 3.8) is 0 Å². The van der Waals surface area contributed by atoms with Gasteiger partial charge in [0.05, 0.1) is 24.7 Å². The summed E-state index contributed by atoms with van der Waals surface area (Å²) in [6.45, 7) is 0. The number of ether oxygens (including phenoxy) is 1. The molecule has 1 aromatic heterocycles. The molecular formula is C11H10FN3O. The number of anilines is 1. The Morgan fingerprint density at radius 1 is 1.38 bits per heavy atom. The molecule has 2 N–H and O–H groups in total. The maximum absolute atomic E-state index is 13.7. The van der Waals surface area contributed by atoms with Crippen LogP contribution in [0.5, 0.6) is 5.75 Å². The Morgan fingerprint density at radius 2 is 2.19 bits per heavy atom. The van der Waals surface area contributed by atoms with Gasteiger partial charge in [-0.1, -0.05) is 0 Å². The lowest BCUT2D eigenvalue weighted by molar-refractivity contribution is 0.411. The Morgan fingerprint density at radius 3 is 2.81 bits per heavy atom. The van der Waals surface area contributed by atoms with Gasteiger partial charge in [-0.25, -0.2) is 14.4 Å². The van der Waals surface area contributed by atoms with Gasteiger partial charge < -0.3 is 10.5 Å². The number of halogens is 1. The van der Waals surface area contributed by atoms with Crippen molar-refractivity contribution in [1.29, 1.82) is 0 Å². The number of methoxy groups -OCH3 is 1. The zero-order valence-electron chi connectivity index (χ0n) is 8.64. The number of rotatable bonds is 2. The average molecular weight is 219 g/mol. The number of nitrogens with zero attached hydrogens (tertiary/aromatic N) is 2. The van der Waals surface area contributed by atoms with Gasteiger partial charge >= 0.3 is 0 Å². The zero-order chi connectivity index (χ0) is 11.5. The van der Waals surface area contributed by atoms with Crippen molar-refractivity contribution in [2.24, 2.45) is 0 Å². The Bertz CT molecular complexity index is 516. The quantitative estimate of drug-likeness (QED) is 0.837. The fraction of sp³-hybridized carbons (Fsp3) is 0.0909. The molecule has 0 saturated heterocycles. The molecule has 0 fully saturated rings. The molecule has 0 spiro atoms. The minimum absolute atomic E-state index is 0.334. The van der Waals surface area contributed by atoms with Crippen LogP contribution in [-0.4, -0.2) is 17.1 Å². The van der Waals surface area contributed by atoms with Crippen LogP contribution in [0.15, 0.2) is 30.7 Å². The SMILES string of the molecule is COc1ccc(-c2ncncc2N)c(F)c1. The van der Waals surface area contributed by atoms with Crippen LogP contribution in [0.25, 0.3) is 11.3 Å². The molecule has 0 aliphatic carbocycles. The summed E-state index contributed by atoms with van der Waals surface area (Å²) < 4.78 is 18.6. The largest absolute Gasteiger partial charge is 0.497 e. The second kappa shape index (κ2) is 4.14. The molecule has 16 heavy (non-hydrogen) atoms. The molecule has 82 valence electrons. The summed E-state index contributed by atoms with van der Waals surface area (Å²) in [6, 6.07) is 4.52. The summed E-state index contributed by atoms with van der Waals surface area (Å²) in [7, 11) is 1.48. The highest BCUT2D eigenvalue weighted by molar-refractivity contribution is 5.72. The van der Waals surface area contributed by atoms with Crippen LogP contribution in [0.3, 0.4) is 0 Å². The Labute approximate surface area is 91.9 Å². The van der Waals surface area contributed by atoms with Gasteiger partial charge in [0.2, 0.25) is 0 Å². The van der Waals surface area contributed by atoms with E-state index in [4.69, 9.17) is 10.5 Å². The maximum atomic E-state index is 13.7. The molecule has 1 aromatic carbocycles. The summed E-state index contributed by atoms with van der Waals surface area (Å²) in [5.41, 5.74) is 6.73. The molecule has 1 heterocycles. The number of nitrogen functional groups attached to an aromatic ring is 1. The molecule has 0 radical (unpaired) electrons. The van der Waals surface area contributed by atoms with E-state index in [0.717, 1.165) is 0 Å². The lowest BCUT2D eigenvalue weighted by atomic mass is 10.1. The Kier molecular flexibility index (Phi) is 2.68. The second-order valence-electron chi connectivity index (χ2n) is 3.17. The van der Waals surface area contributed by atoms with E-state index >= 15 is 0 Å². The van der Waals surface area contributed by atoms with E-state index < -0.39 is 5.82 Å². The highest BCUT2D eigenvalue weighted by Crippen LogP contribution is 2.27. The molecular weight excluding hydrogens is 209 g/mol. The van der Waals surface area contributed by atoms with Crippen molar-refractivity contribution in [2.45, 2.75) is 0 Å². The molecule has 2 rings (SSSR count). The van der Waals surface area contributed by atoms with Crippen molar-refractivity contribution in [3.8, 4) is 17.0 Å². The minimum Gasteiger partial charge on any atom is -0.497 e. The molecule has 0 aliphatic heterocycles. The molecule has 0 saturated carbocycles. The third-order valence-electron chi connectivity index (χ3n) is 2.17. The van der Waals surface area contributed by atoms with Crippen molar-refractivity contribution in [2.75, 3.05) is 12.8 Å². The monoisotopic (exact) mass is 219 g/mol. The highest BCUT2D eigenvalue weighted by Gasteiger charge is 2.10. The lowest BCUT2D eigenvalue weighted by Gasteiger charge is -2.06. The minimum atomic E-state index is -0.426. The van der Waals surface area contributed by atoms with Gasteiger partial charge in [-0.15, -0.1) is 0 Å². The maximum Gasteiger partial charge on any atom is 0.136 e. The van der Waals surface area contributed by atoms with Crippen LogP contribution < -0.4 is 10.5 Å². The standard InChI is InChI=1S/C11H10FN3O/c1-16-7-2-3-8(9(12)4-7)11-10(13)5-14-6-15-11/h2-6H,13H2,1H3. The molecule has 0 atom stereocenters. The first-order chi connectivity index (χ1) is 7.72. The summed E-state index contributed by atoms with van der Waals surface area (Å²) in [6.07, 6.45) is 2.77. The van der Waals surface area contributed by atoms with Crippen LogP contribution in [-0.2, 0) is 0 Å². The van der Waals surface area contributed by atoms with Gasteiger partial charge in [0.1, 0.15) is 17.9 Å². The second-order valence-corrected chi connectivity index (χ2v) is 3.17. The van der Waals surface area contributed by atoms with Gasteiger partial charge in [0, 0.05) is 11.6 Å². The normalized spacial score (nSPS) is 10.1. The van der Waals surface area contributed by atoms with E-state index in [1.165, 1.54) is 25.7 Å². The number of benzene rings is 1. The van der Waals surface area contributed by atoms with E-state index in [1.54, 1.807) is 12.1 Å². The predicted molar refractivity (Wildman–Crippen MR) is 58.4 cm³/mol. The van der Waals surface area contributed by atoms with Gasteiger partial charge in [-0.2, -0.15) is 0 Å². The van der Waals surface area contributed by atoms with Gasteiger partial charge in [0.15, 0.2) is 0 Å². The van der Waals surface area contributed by atoms with E-state index in [1.807, 2.05) is 0 Å². The van der Waals surface area contributed by atoms with Crippen molar-refractivity contribution >= 4 is 5.69 Å². The fourth-order valence-electron chi connectivity index (χ4n) is 1.38. The Hall–Kier alpha value is -2.17. The van der Waals surface area contributed by atoms with Crippen LogP contribution >= 0.6 is 0 Å². The van der Waals surface area contributed by atoms with Crippen molar-refractivity contribution in [1.82, 2.24) is 9.97 Å². The molecule has 0 unspecified atom stereocenters. The van der Waals surface area contributed by atoms with Crippen LogP contribution in [0.2, 0.25) is 0 Å². The molecule has 0 aliphatic rings. The number of hydrogen-bond acceptors (Lipinski definition) is 4. The van der Waals surface area contributed by atoms with E-state index in [9.17, 15) is 4.39 Å². The van der Waals surface area contributed by atoms with Crippen LogP contribution in [0, 0.1) is 5.82 Å². The van der Waals surface area contributed by atoms with Gasteiger partial charge in [-0.05, 0) is 12.1 Å². The molecule has 2 aromatic rings. The lowest BCUT2D eigenvalue weighted by Crippen LogP contribution is -1.96. The third kappa shape index (κ3) is 1.79. The molecule has 4 nitrogen and oxygen atoms in total. The van der Waals surface area contributed by atoms with E-state index in [2.05, 4.69) is 9.97 Å². The van der Waals surface area contributed by atoms with Crippen molar-refractivity contribution in [3.05, 3.63) is 36.5 Å². The van der Waals surface area contributed by atoms with Gasteiger partial charge in [-0.3, -0.25) is 0 Å². The van der Waals surface area contributed by atoms with E-state index in [-0.39, 0.29) is 0 Å². The first-order valence-corrected chi connectivity index (χ1v) is 4.61. The van der Waals surface area contributed by atoms with Gasteiger partial charge in [0.25, 0.3) is 0 Å². The molecule has 5 heteroatoms. The smallest absolute Gasteiger partial charge is 0.136 e. The third-order valence-corrected chi connectivity index (χ3v) is 2.17. The Balaban J connectivity index is 2.53. The summed E-state index contributed by atoms with van der Waals surface area (Å²) in [5.74, 6) is 0.0265. The summed E-state index contributed by atoms with van der Waals surface area (Å²) in [5, 5.41) is 0. The van der Waals surface area contributed by atoms with E-state index in [0.29, 0.717) is 22.7 Å². The molecule has 0 bridgehead atoms. The summed E-state index contributed by atoms with van der Waals surface area (Å²) in [4.78, 5) is 7.70. The van der Waals surface area contributed by atoms with Crippen molar-refractivity contribution < 1.29 is 9.13 Å². The first-order valence-electron chi connectivity index (χ1n) is 4.61. The average Bonchev–Trinajstić information content (AvgIpc) is 2.30.